The molecule has 1 saturated carbocycles. The standard InChI is InChI=1S/C16H21NO2S/c1-16(8-3-4-9-16)12-17-15(19)14-13(7-11-20-14)6-2-5-10-18/h7,11,18H,3-5,8-10,12H2,1H3,(H,17,19). The fourth-order valence-electron chi connectivity index (χ4n) is 2.58. The van der Waals surface area contributed by atoms with E-state index >= 15 is 0 Å². The van der Waals surface area contributed by atoms with Crippen LogP contribution in [0.4, 0.5) is 0 Å². The third-order valence-corrected chi connectivity index (χ3v) is 4.73. The zero-order valence-corrected chi connectivity index (χ0v) is 12.7. The number of hydrogen-bond donors (Lipinski definition) is 2. The van der Waals surface area contributed by atoms with Crippen molar-refractivity contribution in [2.75, 3.05) is 13.2 Å². The fraction of sp³-hybridized carbons (Fsp3) is 0.562. The van der Waals surface area contributed by atoms with Gasteiger partial charge in [-0.25, -0.2) is 0 Å². The Morgan fingerprint density at radius 1 is 1.50 bits per heavy atom. The lowest BCUT2D eigenvalue weighted by Crippen LogP contribution is -2.34. The van der Waals surface area contributed by atoms with Crippen LogP contribution in [0.3, 0.4) is 0 Å². The van der Waals surface area contributed by atoms with Gasteiger partial charge in [-0.05, 0) is 29.7 Å². The molecule has 3 nitrogen and oxygen atoms in total. The first-order chi connectivity index (χ1) is 9.64. The van der Waals surface area contributed by atoms with Crippen molar-refractivity contribution < 1.29 is 9.90 Å². The zero-order chi connectivity index (χ0) is 14.4. The number of nitrogens with one attached hydrogen (secondary N) is 1. The minimum absolute atomic E-state index is 0.0265. The number of thiophene rings is 1. The Morgan fingerprint density at radius 2 is 2.25 bits per heavy atom. The van der Waals surface area contributed by atoms with Crippen molar-refractivity contribution in [1.29, 1.82) is 0 Å². The molecule has 0 saturated heterocycles. The summed E-state index contributed by atoms with van der Waals surface area (Å²) in [7, 11) is 0. The normalized spacial score (nSPS) is 16.5. The van der Waals surface area contributed by atoms with E-state index in [1.807, 2.05) is 11.4 Å². The number of aliphatic hydroxyl groups excluding tert-OH is 1. The number of rotatable bonds is 4. The van der Waals surface area contributed by atoms with Crippen molar-refractivity contribution >= 4 is 17.2 Å². The van der Waals surface area contributed by atoms with Gasteiger partial charge in [-0.15, -0.1) is 11.3 Å². The lowest BCUT2D eigenvalue weighted by Gasteiger charge is -2.23. The highest BCUT2D eigenvalue weighted by Crippen LogP contribution is 2.36. The van der Waals surface area contributed by atoms with Gasteiger partial charge in [-0.2, -0.15) is 0 Å². The van der Waals surface area contributed by atoms with Gasteiger partial charge in [0.2, 0.25) is 0 Å². The summed E-state index contributed by atoms with van der Waals surface area (Å²) >= 11 is 1.42. The van der Waals surface area contributed by atoms with E-state index in [0.717, 1.165) is 12.1 Å². The third kappa shape index (κ3) is 3.84. The van der Waals surface area contributed by atoms with Crippen LogP contribution in [0.15, 0.2) is 11.4 Å². The molecule has 108 valence electrons. The molecule has 2 rings (SSSR count). The van der Waals surface area contributed by atoms with Crippen LogP contribution in [0.25, 0.3) is 0 Å². The Bertz CT molecular complexity index is 518. The van der Waals surface area contributed by atoms with Crippen molar-refractivity contribution in [2.45, 2.75) is 39.0 Å². The quantitative estimate of drug-likeness (QED) is 0.838. The van der Waals surface area contributed by atoms with Gasteiger partial charge < -0.3 is 10.4 Å². The Morgan fingerprint density at radius 3 is 2.95 bits per heavy atom. The summed E-state index contributed by atoms with van der Waals surface area (Å²) in [6.07, 6.45) is 5.36. The van der Waals surface area contributed by atoms with Gasteiger partial charge in [-0.1, -0.05) is 31.6 Å². The van der Waals surface area contributed by atoms with Gasteiger partial charge in [0, 0.05) is 18.5 Å². The summed E-state index contributed by atoms with van der Waals surface area (Å²) in [6, 6.07) is 1.86. The predicted molar refractivity (Wildman–Crippen MR) is 81.8 cm³/mol. The second-order valence-corrected chi connectivity index (χ2v) is 6.56. The van der Waals surface area contributed by atoms with E-state index in [2.05, 4.69) is 24.1 Å². The molecule has 1 aromatic heterocycles. The van der Waals surface area contributed by atoms with Crippen molar-refractivity contribution in [3.63, 3.8) is 0 Å². The van der Waals surface area contributed by atoms with Crippen LogP contribution in [0, 0.1) is 17.3 Å². The first kappa shape index (κ1) is 15.1. The fourth-order valence-corrected chi connectivity index (χ4v) is 3.34. The SMILES string of the molecule is CC1(CNC(=O)c2sccc2C#CCCO)CCCC1. The molecule has 0 bridgehead atoms. The maximum Gasteiger partial charge on any atom is 0.262 e. The van der Waals surface area contributed by atoms with E-state index in [-0.39, 0.29) is 17.9 Å². The van der Waals surface area contributed by atoms with E-state index in [9.17, 15) is 4.79 Å². The maximum absolute atomic E-state index is 12.2. The van der Waals surface area contributed by atoms with Crippen LogP contribution in [0.2, 0.25) is 0 Å². The summed E-state index contributed by atoms with van der Waals surface area (Å²) in [5.74, 6) is 5.79. The summed E-state index contributed by atoms with van der Waals surface area (Å²) in [6.45, 7) is 3.04. The van der Waals surface area contributed by atoms with Gasteiger partial charge >= 0.3 is 0 Å². The molecular formula is C16H21NO2S. The zero-order valence-electron chi connectivity index (χ0n) is 11.9. The topological polar surface area (TPSA) is 49.3 Å². The predicted octanol–water partition coefficient (Wildman–Crippen LogP) is 2.79. The Kier molecular flexibility index (Phi) is 5.22. The van der Waals surface area contributed by atoms with Gasteiger partial charge in [0.05, 0.1) is 6.61 Å². The molecule has 0 aliphatic heterocycles. The highest BCUT2D eigenvalue weighted by atomic mass is 32.1. The lowest BCUT2D eigenvalue weighted by molar-refractivity contribution is 0.0938. The minimum Gasteiger partial charge on any atom is -0.395 e. The molecule has 1 aliphatic carbocycles. The van der Waals surface area contributed by atoms with Crippen molar-refractivity contribution in [1.82, 2.24) is 5.32 Å². The van der Waals surface area contributed by atoms with E-state index in [0.29, 0.717) is 11.3 Å². The molecule has 0 atom stereocenters. The number of hydrogen-bond acceptors (Lipinski definition) is 3. The highest BCUT2D eigenvalue weighted by Gasteiger charge is 2.29. The third-order valence-electron chi connectivity index (χ3n) is 3.82. The van der Waals surface area contributed by atoms with E-state index in [1.54, 1.807) is 0 Å². The average molecular weight is 291 g/mol. The molecule has 1 heterocycles. The maximum atomic E-state index is 12.2. The molecule has 0 aromatic carbocycles. The molecule has 1 amide bonds. The van der Waals surface area contributed by atoms with Crippen molar-refractivity contribution in [3.05, 3.63) is 21.9 Å². The molecule has 0 radical (unpaired) electrons. The highest BCUT2D eigenvalue weighted by molar-refractivity contribution is 7.12. The van der Waals surface area contributed by atoms with Gasteiger partial charge in [-0.3, -0.25) is 4.79 Å². The average Bonchev–Trinajstić information content (AvgIpc) is 3.06. The number of aliphatic hydroxyl groups is 1. The molecule has 0 unspecified atom stereocenters. The summed E-state index contributed by atoms with van der Waals surface area (Å²) in [5.41, 5.74) is 1.02. The molecule has 1 aromatic rings. The monoisotopic (exact) mass is 291 g/mol. The van der Waals surface area contributed by atoms with Crippen molar-refractivity contribution in [2.24, 2.45) is 5.41 Å². The van der Waals surface area contributed by atoms with Gasteiger partial charge in [0.15, 0.2) is 0 Å². The molecule has 1 aliphatic rings. The van der Waals surface area contributed by atoms with Crippen LogP contribution in [0.1, 0.15) is 54.3 Å². The first-order valence-corrected chi connectivity index (χ1v) is 7.98. The molecule has 0 spiro atoms. The van der Waals surface area contributed by atoms with Gasteiger partial charge in [0.1, 0.15) is 4.88 Å². The van der Waals surface area contributed by atoms with Crippen LogP contribution < -0.4 is 5.32 Å². The van der Waals surface area contributed by atoms with E-state index in [1.165, 1.54) is 37.0 Å². The Hall–Kier alpha value is -1.31. The molecular weight excluding hydrogens is 270 g/mol. The largest absolute Gasteiger partial charge is 0.395 e. The lowest BCUT2D eigenvalue weighted by atomic mass is 9.89. The smallest absolute Gasteiger partial charge is 0.262 e. The van der Waals surface area contributed by atoms with Crippen molar-refractivity contribution in [3.8, 4) is 11.8 Å². The van der Waals surface area contributed by atoms with E-state index < -0.39 is 0 Å². The minimum atomic E-state index is -0.0265. The number of amides is 1. The van der Waals surface area contributed by atoms with Crippen LogP contribution in [-0.2, 0) is 0 Å². The van der Waals surface area contributed by atoms with E-state index in [4.69, 9.17) is 5.11 Å². The number of carbonyl (C=O) groups excluding carboxylic acids is 1. The van der Waals surface area contributed by atoms with Crippen LogP contribution in [-0.4, -0.2) is 24.2 Å². The number of carbonyl (C=O) groups is 1. The molecule has 2 N–H and O–H groups in total. The second kappa shape index (κ2) is 6.92. The van der Waals surface area contributed by atoms with Gasteiger partial charge in [0.25, 0.3) is 5.91 Å². The van der Waals surface area contributed by atoms with Crippen LogP contribution in [0.5, 0.6) is 0 Å². The first-order valence-electron chi connectivity index (χ1n) is 7.10. The molecule has 1 fully saturated rings. The summed E-state index contributed by atoms with van der Waals surface area (Å²) in [5, 5.41) is 13.7. The Labute approximate surface area is 124 Å². The summed E-state index contributed by atoms with van der Waals surface area (Å²) in [4.78, 5) is 12.9. The molecule has 4 heteroatoms. The molecule has 20 heavy (non-hydrogen) atoms. The summed E-state index contributed by atoms with van der Waals surface area (Å²) < 4.78 is 0. The Balaban J connectivity index is 1.96. The second-order valence-electron chi connectivity index (χ2n) is 5.64. The van der Waals surface area contributed by atoms with Crippen LogP contribution >= 0.6 is 11.3 Å².